The highest BCUT2D eigenvalue weighted by molar-refractivity contribution is 6.08. The highest BCUT2D eigenvalue weighted by atomic mass is 19.1. The number of nitrogens with zero attached hydrogens (tertiary/aromatic N) is 2. The molecule has 1 aromatic heterocycles. The van der Waals surface area contributed by atoms with Gasteiger partial charge in [-0.1, -0.05) is 30.3 Å². The van der Waals surface area contributed by atoms with Crippen LogP contribution >= 0.6 is 0 Å². The number of fused-ring (bicyclic) bond motifs is 1. The van der Waals surface area contributed by atoms with Gasteiger partial charge in [0.15, 0.2) is 5.69 Å². The molecule has 25 heavy (non-hydrogen) atoms. The molecule has 1 atom stereocenters. The molecule has 0 aliphatic carbocycles. The molecule has 2 amide bonds. The van der Waals surface area contributed by atoms with Gasteiger partial charge in [-0.05, 0) is 24.6 Å². The fourth-order valence-corrected chi connectivity index (χ4v) is 3.09. The highest BCUT2D eigenvalue weighted by Crippen LogP contribution is 2.24. The standard InChI is InChI=1S/C18H15FN4O2/c19-12-6-2-4-8-15(12)23-10-9-14(18(23)25)20-17(24)16-11-5-1-3-7-13(11)21-22-16/h1-8,14H,9-10H2,(H,20,24)(H,21,22). The van der Waals surface area contributed by atoms with E-state index in [1.54, 1.807) is 24.3 Å². The summed E-state index contributed by atoms with van der Waals surface area (Å²) in [5.41, 5.74) is 1.22. The minimum Gasteiger partial charge on any atom is -0.339 e. The van der Waals surface area contributed by atoms with Crippen molar-refractivity contribution in [2.45, 2.75) is 12.5 Å². The third kappa shape index (κ3) is 2.63. The van der Waals surface area contributed by atoms with Gasteiger partial charge in [-0.3, -0.25) is 14.7 Å². The van der Waals surface area contributed by atoms with Gasteiger partial charge in [-0.15, -0.1) is 0 Å². The Hall–Kier alpha value is -3.22. The molecule has 1 aliphatic heterocycles. The van der Waals surface area contributed by atoms with Crippen LogP contribution in [0.5, 0.6) is 0 Å². The molecule has 1 fully saturated rings. The molecule has 1 saturated heterocycles. The van der Waals surface area contributed by atoms with Crippen LogP contribution in [0, 0.1) is 5.82 Å². The fourth-order valence-electron chi connectivity index (χ4n) is 3.09. The van der Waals surface area contributed by atoms with E-state index in [-0.39, 0.29) is 17.3 Å². The molecule has 6 nitrogen and oxygen atoms in total. The molecule has 0 bridgehead atoms. The van der Waals surface area contributed by atoms with Crippen LogP contribution in [0.3, 0.4) is 0 Å². The quantitative estimate of drug-likeness (QED) is 0.769. The number of carbonyl (C=O) groups is 2. The Labute approximate surface area is 142 Å². The van der Waals surface area contributed by atoms with Crippen molar-refractivity contribution in [1.29, 1.82) is 0 Å². The van der Waals surface area contributed by atoms with Gasteiger partial charge in [0.1, 0.15) is 11.9 Å². The number of aromatic nitrogens is 2. The summed E-state index contributed by atoms with van der Waals surface area (Å²) < 4.78 is 13.9. The third-order valence-electron chi connectivity index (χ3n) is 4.34. The molecular formula is C18H15FN4O2. The number of hydrogen-bond acceptors (Lipinski definition) is 3. The van der Waals surface area contributed by atoms with E-state index in [1.165, 1.54) is 11.0 Å². The smallest absolute Gasteiger partial charge is 0.273 e. The van der Waals surface area contributed by atoms with E-state index in [1.807, 2.05) is 18.2 Å². The normalized spacial score (nSPS) is 17.2. The van der Waals surface area contributed by atoms with Crippen LogP contribution in [-0.4, -0.2) is 34.6 Å². The zero-order chi connectivity index (χ0) is 17.4. The van der Waals surface area contributed by atoms with E-state index in [2.05, 4.69) is 15.5 Å². The molecule has 0 spiro atoms. The molecule has 0 radical (unpaired) electrons. The average molecular weight is 338 g/mol. The van der Waals surface area contributed by atoms with E-state index >= 15 is 0 Å². The molecule has 1 aliphatic rings. The van der Waals surface area contributed by atoms with Gasteiger partial charge in [-0.25, -0.2) is 4.39 Å². The summed E-state index contributed by atoms with van der Waals surface area (Å²) in [5.74, 6) is -1.20. The topological polar surface area (TPSA) is 78.1 Å². The first-order chi connectivity index (χ1) is 12.1. The van der Waals surface area contributed by atoms with Crippen molar-refractivity contribution >= 4 is 28.4 Å². The molecule has 7 heteroatoms. The van der Waals surface area contributed by atoms with Gasteiger partial charge in [0, 0.05) is 11.9 Å². The predicted octanol–water partition coefficient (Wildman–Crippen LogP) is 2.24. The summed E-state index contributed by atoms with van der Waals surface area (Å²) in [4.78, 5) is 26.4. The maximum absolute atomic E-state index is 13.9. The number of amides is 2. The van der Waals surface area contributed by atoms with Crippen molar-refractivity contribution < 1.29 is 14.0 Å². The number of anilines is 1. The van der Waals surface area contributed by atoms with Gasteiger partial charge in [-0.2, -0.15) is 5.10 Å². The minimum absolute atomic E-state index is 0.231. The first-order valence-electron chi connectivity index (χ1n) is 7.95. The van der Waals surface area contributed by atoms with Gasteiger partial charge in [0.05, 0.1) is 11.2 Å². The molecule has 126 valence electrons. The maximum atomic E-state index is 13.9. The van der Waals surface area contributed by atoms with Crippen LogP contribution in [0.25, 0.3) is 10.9 Å². The Balaban J connectivity index is 1.53. The lowest BCUT2D eigenvalue weighted by molar-refractivity contribution is -0.118. The lowest BCUT2D eigenvalue weighted by Gasteiger charge is -2.17. The zero-order valence-electron chi connectivity index (χ0n) is 13.2. The second-order valence-corrected chi connectivity index (χ2v) is 5.87. The summed E-state index contributed by atoms with van der Waals surface area (Å²) in [5, 5.41) is 10.2. The molecule has 1 unspecified atom stereocenters. The van der Waals surface area contributed by atoms with Gasteiger partial charge >= 0.3 is 0 Å². The van der Waals surface area contributed by atoms with Crippen molar-refractivity contribution in [3.63, 3.8) is 0 Å². The second kappa shape index (κ2) is 6.01. The van der Waals surface area contributed by atoms with Crippen molar-refractivity contribution in [2.75, 3.05) is 11.4 Å². The van der Waals surface area contributed by atoms with Gasteiger partial charge < -0.3 is 10.2 Å². The first kappa shape index (κ1) is 15.3. The van der Waals surface area contributed by atoms with Gasteiger partial charge in [0.2, 0.25) is 5.91 Å². The number of aromatic amines is 1. The number of benzene rings is 2. The SMILES string of the molecule is O=C(NC1CCN(c2ccccc2F)C1=O)c1n[nH]c2ccccc12. The number of carbonyl (C=O) groups excluding carboxylic acids is 2. The molecule has 2 heterocycles. The van der Waals surface area contributed by atoms with E-state index < -0.39 is 17.8 Å². The molecule has 0 saturated carbocycles. The number of hydrogen-bond donors (Lipinski definition) is 2. The molecular weight excluding hydrogens is 323 g/mol. The number of rotatable bonds is 3. The van der Waals surface area contributed by atoms with E-state index in [9.17, 15) is 14.0 Å². The minimum atomic E-state index is -0.692. The second-order valence-electron chi connectivity index (χ2n) is 5.87. The summed E-state index contributed by atoms with van der Waals surface area (Å²) in [7, 11) is 0. The monoisotopic (exact) mass is 338 g/mol. The van der Waals surface area contributed by atoms with Crippen LogP contribution in [-0.2, 0) is 4.79 Å². The largest absolute Gasteiger partial charge is 0.339 e. The van der Waals surface area contributed by atoms with Crippen molar-refractivity contribution in [1.82, 2.24) is 15.5 Å². The van der Waals surface area contributed by atoms with Crippen LogP contribution in [0.2, 0.25) is 0 Å². The van der Waals surface area contributed by atoms with Crippen LogP contribution in [0.1, 0.15) is 16.9 Å². The Kier molecular flexibility index (Phi) is 3.68. The molecule has 2 N–H and O–H groups in total. The molecule has 3 aromatic rings. The van der Waals surface area contributed by atoms with E-state index in [4.69, 9.17) is 0 Å². The van der Waals surface area contributed by atoms with Gasteiger partial charge in [0.25, 0.3) is 5.91 Å². The average Bonchev–Trinajstić information content (AvgIpc) is 3.20. The summed E-state index contributed by atoms with van der Waals surface area (Å²) in [6, 6.07) is 12.7. The molecule has 4 rings (SSSR count). The van der Waals surface area contributed by atoms with Crippen LogP contribution in [0.15, 0.2) is 48.5 Å². The summed E-state index contributed by atoms with van der Waals surface area (Å²) in [6.45, 7) is 0.353. The van der Waals surface area contributed by atoms with Crippen molar-refractivity contribution in [3.8, 4) is 0 Å². The van der Waals surface area contributed by atoms with E-state index in [0.717, 1.165) is 5.52 Å². The number of H-pyrrole nitrogens is 1. The Morgan fingerprint density at radius 2 is 1.96 bits per heavy atom. The Morgan fingerprint density at radius 1 is 1.20 bits per heavy atom. The number of halogens is 1. The van der Waals surface area contributed by atoms with Crippen molar-refractivity contribution in [2.24, 2.45) is 0 Å². The predicted molar refractivity (Wildman–Crippen MR) is 90.7 cm³/mol. The lowest BCUT2D eigenvalue weighted by atomic mass is 10.2. The summed E-state index contributed by atoms with van der Waals surface area (Å²) >= 11 is 0. The number of nitrogens with one attached hydrogen (secondary N) is 2. The van der Waals surface area contributed by atoms with E-state index in [0.29, 0.717) is 18.4 Å². The molecule has 2 aromatic carbocycles. The van der Waals surface area contributed by atoms with Crippen molar-refractivity contribution in [3.05, 3.63) is 60.0 Å². The lowest BCUT2D eigenvalue weighted by Crippen LogP contribution is -2.41. The maximum Gasteiger partial charge on any atom is 0.273 e. The number of para-hydroxylation sites is 2. The fraction of sp³-hybridized carbons (Fsp3) is 0.167. The third-order valence-corrected chi connectivity index (χ3v) is 4.34. The first-order valence-corrected chi connectivity index (χ1v) is 7.95. The highest BCUT2D eigenvalue weighted by Gasteiger charge is 2.35. The Bertz CT molecular complexity index is 968. The van der Waals surface area contributed by atoms with Crippen LogP contribution < -0.4 is 10.2 Å². The zero-order valence-corrected chi connectivity index (χ0v) is 13.2. The van der Waals surface area contributed by atoms with Crippen LogP contribution in [0.4, 0.5) is 10.1 Å². The summed E-state index contributed by atoms with van der Waals surface area (Å²) in [6.07, 6.45) is 0.418. The Morgan fingerprint density at radius 3 is 2.80 bits per heavy atom.